The van der Waals surface area contributed by atoms with Crippen molar-refractivity contribution in [1.82, 2.24) is 9.97 Å². The van der Waals surface area contributed by atoms with Crippen LogP contribution in [0.25, 0.3) is 10.9 Å². The summed E-state index contributed by atoms with van der Waals surface area (Å²) in [5.41, 5.74) is 0.863. The molecular weight excluding hydrogens is 267 g/mol. The van der Waals surface area contributed by atoms with Gasteiger partial charge in [0.1, 0.15) is 6.33 Å². The summed E-state index contributed by atoms with van der Waals surface area (Å²) >= 11 is 4.89. The second-order valence-corrected chi connectivity index (χ2v) is 3.29. The van der Waals surface area contributed by atoms with Gasteiger partial charge in [-0.1, -0.05) is 0 Å². The van der Waals surface area contributed by atoms with Gasteiger partial charge < -0.3 is 0 Å². The number of halogens is 2. The Labute approximate surface area is 108 Å². The van der Waals surface area contributed by atoms with Crippen molar-refractivity contribution in [3.05, 3.63) is 35.4 Å². The zero-order valence-corrected chi connectivity index (χ0v) is 10.3. The van der Waals surface area contributed by atoms with Gasteiger partial charge in [-0.15, -0.1) is 24.8 Å². The maximum atomic E-state index is 4.89. The van der Waals surface area contributed by atoms with Crippen LogP contribution in [0.2, 0.25) is 0 Å². The number of benzene rings is 1. The van der Waals surface area contributed by atoms with Crippen molar-refractivity contribution in [2.24, 2.45) is 9.98 Å². The minimum absolute atomic E-state index is 0. The molecule has 0 aliphatic carbocycles. The van der Waals surface area contributed by atoms with Crippen LogP contribution in [0.15, 0.2) is 34.6 Å². The lowest BCUT2D eigenvalue weighted by Gasteiger charge is -1.92. The molecule has 4 nitrogen and oxygen atoms in total. The lowest BCUT2D eigenvalue weighted by Crippen LogP contribution is -2.21. The molecule has 2 heterocycles. The third kappa shape index (κ3) is 2.02. The lowest BCUT2D eigenvalue weighted by atomic mass is 10.2. The Kier molecular flexibility index (Phi) is 3.85. The van der Waals surface area contributed by atoms with E-state index in [-0.39, 0.29) is 24.8 Å². The van der Waals surface area contributed by atoms with Crippen LogP contribution >= 0.6 is 37.0 Å². The van der Waals surface area contributed by atoms with Crippen molar-refractivity contribution in [3.63, 3.8) is 0 Å². The highest BCUT2D eigenvalue weighted by molar-refractivity contribution is 7.80. The second kappa shape index (κ2) is 4.78. The normalized spacial score (nSPS) is 11.9. The van der Waals surface area contributed by atoms with E-state index in [1.54, 1.807) is 6.20 Å². The Hall–Kier alpha value is -1.17. The summed E-state index contributed by atoms with van der Waals surface area (Å²) in [4.78, 5) is 16.3. The molecule has 0 radical (unpaired) electrons. The first-order valence-corrected chi connectivity index (χ1v) is 4.45. The number of nitrogens with zero attached hydrogens (tertiary/aromatic N) is 4. The molecule has 0 atom stereocenters. The number of thiocarbonyl (C=S) groups is 1. The summed E-state index contributed by atoms with van der Waals surface area (Å²) in [6.07, 6.45) is 3.26. The summed E-state index contributed by atoms with van der Waals surface area (Å²) in [5, 5.41) is 2.93. The van der Waals surface area contributed by atoms with Gasteiger partial charge in [-0.05, 0) is 24.4 Å². The number of aromatic nitrogens is 2. The Morgan fingerprint density at radius 1 is 1.00 bits per heavy atom. The lowest BCUT2D eigenvalue weighted by molar-refractivity contribution is 1.21. The molecule has 2 aromatic rings. The van der Waals surface area contributed by atoms with E-state index in [1.807, 2.05) is 12.1 Å². The first-order chi connectivity index (χ1) is 6.83. The molecule has 7 heteroatoms. The predicted octanol–water partition coefficient (Wildman–Crippen LogP) is 1.01. The molecule has 16 heavy (non-hydrogen) atoms. The molecule has 0 fully saturated rings. The van der Waals surface area contributed by atoms with Crippen LogP contribution < -0.4 is 10.7 Å². The van der Waals surface area contributed by atoms with Crippen LogP contribution in [0.4, 0.5) is 0 Å². The molecule has 1 aliphatic heterocycles. The minimum atomic E-state index is 0. The Morgan fingerprint density at radius 3 is 2.44 bits per heavy atom. The summed E-state index contributed by atoms with van der Waals surface area (Å²) in [5.74, 6) is 0. The molecular formula is C9H6Cl2N4S. The van der Waals surface area contributed by atoms with E-state index < -0.39 is 0 Å². The number of hydrogen-bond acceptors (Lipinski definition) is 3. The van der Waals surface area contributed by atoms with Crippen LogP contribution in [0.5, 0.6) is 0 Å². The summed E-state index contributed by atoms with van der Waals surface area (Å²) in [6.45, 7) is 0. The largest absolute Gasteiger partial charge is 0.244 e. The number of fused-ring (bicyclic) bond motifs is 2. The van der Waals surface area contributed by atoms with Crippen LogP contribution in [-0.4, -0.2) is 15.1 Å². The van der Waals surface area contributed by atoms with E-state index in [2.05, 4.69) is 20.0 Å². The molecule has 0 spiro atoms. The highest BCUT2D eigenvalue weighted by atomic mass is 35.5. The zero-order valence-electron chi connectivity index (χ0n) is 7.82. The number of rotatable bonds is 0. The van der Waals surface area contributed by atoms with Crippen LogP contribution in [-0.2, 0) is 0 Å². The Balaban J connectivity index is 0.000000640. The fraction of sp³-hybridized carbons (Fsp3) is 0. The van der Waals surface area contributed by atoms with Crippen molar-refractivity contribution >= 4 is 53.0 Å². The average Bonchev–Trinajstić information content (AvgIpc) is 2.53. The quantitative estimate of drug-likeness (QED) is 0.673. The van der Waals surface area contributed by atoms with Crippen molar-refractivity contribution in [1.29, 1.82) is 0 Å². The van der Waals surface area contributed by atoms with E-state index in [4.69, 9.17) is 12.2 Å². The Bertz CT molecular complexity index is 614. The van der Waals surface area contributed by atoms with Crippen LogP contribution in [0.3, 0.4) is 0 Å². The average molecular weight is 273 g/mol. The van der Waals surface area contributed by atoms with Gasteiger partial charge in [-0.25, -0.2) is 20.0 Å². The van der Waals surface area contributed by atoms with Gasteiger partial charge in [-0.3, -0.25) is 0 Å². The molecule has 0 saturated heterocycles. The van der Waals surface area contributed by atoms with E-state index in [0.29, 0.717) is 5.11 Å². The predicted molar refractivity (Wildman–Crippen MR) is 68.9 cm³/mol. The van der Waals surface area contributed by atoms with Gasteiger partial charge in [0.15, 0.2) is 0 Å². The van der Waals surface area contributed by atoms with Gasteiger partial charge in [0.25, 0.3) is 0 Å². The van der Waals surface area contributed by atoms with Crippen LogP contribution in [0, 0.1) is 0 Å². The maximum Gasteiger partial charge on any atom is 0.220 e. The van der Waals surface area contributed by atoms with E-state index in [1.165, 1.54) is 6.33 Å². The van der Waals surface area contributed by atoms with E-state index in [9.17, 15) is 0 Å². The zero-order chi connectivity index (χ0) is 9.54. The molecule has 0 bridgehead atoms. The molecule has 0 unspecified atom stereocenters. The topological polar surface area (TPSA) is 50.5 Å². The molecule has 1 aliphatic rings. The summed E-state index contributed by atoms with van der Waals surface area (Å²) < 4.78 is 0. The van der Waals surface area contributed by atoms with Gasteiger partial charge in [-0.2, -0.15) is 0 Å². The SMILES string of the molecule is Cl.Cl.S=C1N=c2cc3cncnc3cc2=N1. The Morgan fingerprint density at radius 2 is 1.69 bits per heavy atom. The summed E-state index contributed by atoms with van der Waals surface area (Å²) in [7, 11) is 0. The summed E-state index contributed by atoms with van der Waals surface area (Å²) in [6, 6.07) is 3.77. The molecule has 0 N–H and O–H groups in total. The first-order valence-electron chi connectivity index (χ1n) is 4.04. The third-order valence-electron chi connectivity index (χ3n) is 2.03. The van der Waals surface area contributed by atoms with E-state index >= 15 is 0 Å². The highest BCUT2D eigenvalue weighted by Crippen LogP contribution is 2.03. The minimum Gasteiger partial charge on any atom is -0.244 e. The molecule has 1 aromatic carbocycles. The standard InChI is InChI=1S/C9H4N4S.2ClH/c14-9-12-7-1-5-3-10-4-11-6(5)2-8(7)13-9;;/h1-4H;2*1H. The van der Waals surface area contributed by atoms with Gasteiger partial charge in [0, 0.05) is 11.6 Å². The fourth-order valence-corrected chi connectivity index (χ4v) is 1.61. The molecule has 0 saturated carbocycles. The van der Waals surface area contributed by atoms with Crippen molar-refractivity contribution < 1.29 is 0 Å². The molecule has 82 valence electrons. The second-order valence-electron chi connectivity index (χ2n) is 2.93. The van der Waals surface area contributed by atoms with Crippen molar-refractivity contribution in [2.75, 3.05) is 0 Å². The molecule has 1 aromatic heterocycles. The maximum absolute atomic E-state index is 4.89. The monoisotopic (exact) mass is 272 g/mol. The molecule has 0 amide bonds. The smallest absolute Gasteiger partial charge is 0.220 e. The third-order valence-corrected chi connectivity index (χ3v) is 2.22. The fourth-order valence-electron chi connectivity index (χ4n) is 1.42. The van der Waals surface area contributed by atoms with Crippen molar-refractivity contribution in [3.8, 4) is 0 Å². The number of hydrogen-bond donors (Lipinski definition) is 0. The first kappa shape index (κ1) is 12.9. The van der Waals surface area contributed by atoms with Gasteiger partial charge >= 0.3 is 0 Å². The van der Waals surface area contributed by atoms with Gasteiger partial charge in [0.2, 0.25) is 5.11 Å². The van der Waals surface area contributed by atoms with Crippen molar-refractivity contribution in [2.45, 2.75) is 0 Å². The van der Waals surface area contributed by atoms with Gasteiger partial charge in [0.05, 0.1) is 16.2 Å². The molecule has 3 rings (SSSR count). The van der Waals surface area contributed by atoms with Crippen LogP contribution in [0.1, 0.15) is 0 Å². The highest BCUT2D eigenvalue weighted by Gasteiger charge is 2.03. The van der Waals surface area contributed by atoms with E-state index in [0.717, 1.165) is 21.6 Å².